The molecule has 0 radical (unpaired) electrons. The minimum atomic E-state index is 0.159. The quantitative estimate of drug-likeness (QED) is 0.796. The van der Waals surface area contributed by atoms with Gasteiger partial charge < -0.3 is 4.74 Å². The summed E-state index contributed by atoms with van der Waals surface area (Å²) in [5.41, 5.74) is 0.159. The Hall–Kier alpha value is -0.120. The molecule has 2 heterocycles. The Morgan fingerprint density at radius 1 is 1.44 bits per heavy atom. The zero-order valence-corrected chi connectivity index (χ0v) is 11.1. The molecule has 2 aliphatic rings. The van der Waals surface area contributed by atoms with Crippen LogP contribution in [0.2, 0.25) is 0 Å². The van der Waals surface area contributed by atoms with Crippen molar-refractivity contribution in [1.82, 2.24) is 10.2 Å². The SMILES string of the molecule is CC(C)N1CCCC1CC1NC(C)(C)CO1. The zero-order chi connectivity index (χ0) is 11.8. The van der Waals surface area contributed by atoms with Gasteiger partial charge in [0.2, 0.25) is 0 Å². The molecule has 0 aromatic rings. The molecule has 2 saturated heterocycles. The fourth-order valence-electron chi connectivity index (χ4n) is 2.99. The van der Waals surface area contributed by atoms with Gasteiger partial charge in [-0.1, -0.05) is 0 Å². The highest BCUT2D eigenvalue weighted by atomic mass is 16.5. The van der Waals surface area contributed by atoms with Gasteiger partial charge >= 0.3 is 0 Å². The lowest BCUT2D eigenvalue weighted by molar-refractivity contribution is 0.0624. The van der Waals surface area contributed by atoms with Crippen molar-refractivity contribution >= 4 is 0 Å². The van der Waals surface area contributed by atoms with E-state index in [-0.39, 0.29) is 11.8 Å². The maximum absolute atomic E-state index is 5.82. The van der Waals surface area contributed by atoms with Gasteiger partial charge in [0.15, 0.2) is 0 Å². The monoisotopic (exact) mass is 226 g/mol. The molecule has 0 aliphatic carbocycles. The number of rotatable bonds is 3. The average Bonchev–Trinajstić information content (AvgIpc) is 2.73. The molecule has 94 valence electrons. The van der Waals surface area contributed by atoms with Gasteiger partial charge in [-0.2, -0.15) is 0 Å². The van der Waals surface area contributed by atoms with E-state index in [1.54, 1.807) is 0 Å². The van der Waals surface area contributed by atoms with E-state index in [1.807, 2.05) is 0 Å². The summed E-state index contributed by atoms with van der Waals surface area (Å²) in [6, 6.07) is 1.38. The lowest BCUT2D eigenvalue weighted by atomic mass is 10.1. The third-order valence-corrected chi connectivity index (χ3v) is 3.77. The summed E-state index contributed by atoms with van der Waals surface area (Å²) in [5.74, 6) is 0. The van der Waals surface area contributed by atoms with Crippen molar-refractivity contribution in [2.24, 2.45) is 0 Å². The Morgan fingerprint density at radius 2 is 2.19 bits per heavy atom. The molecule has 0 aromatic heterocycles. The van der Waals surface area contributed by atoms with E-state index in [2.05, 4.69) is 37.9 Å². The molecule has 2 unspecified atom stereocenters. The number of hydrogen-bond donors (Lipinski definition) is 1. The van der Waals surface area contributed by atoms with Crippen LogP contribution in [0.5, 0.6) is 0 Å². The van der Waals surface area contributed by atoms with Crippen LogP contribution >= 0.6 is 0 Å². The van der Waals surface area contributed by atoms with E-state index in [0.717, 1.165) is 13.0 Å². The summed E-state index contributed by atoms with van der Waals surface area (Å²) >= 11 is 0. The number of likely N-dealkylation sites (tertiary alicyclic amines) is 1. The van der Waals surface area contributed by atoms with E-state index in [1.165, 1.54) is 19.4 Å². The molecule has 0 aromatic carbocycles. The zero-order valence-electron chi connectivity index (χ0n) is 11.1. The molecule has 2 fully saturated rings. The maximum atomic E-state index is 5.82. The minimum absolute atomic E-state index is 0.159. The molecule has 2 aliphatic heterocycles. The van der Waals surface area contributed by atoms with Crippen molar-refractivity contribution < 1.29 is 4.74 Å². The molecular weight excluding hydrogens is 200 g/mol. The van der Waals surface area contributed by atoms with Crippen LogP contribution in [-0.4, -0.2) is 41.9 Å². The Bertz CT molecular complexity index is 240. The van der Waals surface area contributed by atoms with Crippen LogP contribution < -0.4 is 5.32 Å². The van der Waals surface area contributed by atoms with Crippen LogP contribution in [0, 0.1) is 0 Å². The topological polar surface area (TPSA) is 24.5 Å². The molecule has 3 heteroatoms. The fraction of sp³-hybridized carbons (Fsp3) is 1.00. The Kier molecular flexibility index (Phi) is 3.57. The Labute approximate surface area is 99.5 Å². The van der Waals surface area contributed by atoms with E-state index in [9.17, 15) is 0 Å². The smallest absolute Gasteiger partial charge is 0.110 e. The van der Waals surface area contributed by atoms with Gasteiger partial charge in [-0.15, -0.1) is 0 Å². The lowest BCUT2D eigenvalue weighted by Crippen LogP contribution is -2.43. The van der Waals surface area contributed by atoms with Crippen LogP contribution in [0.1, 0.15) is 47.0 Å². The largest absolute Gasteiger partial charge is 0.361 e. The molecule has 16 heavy (non-hydrogen) atoms. The summed E-state index contributed by atoms with van der Waals surface area (Å²) in [5, 5.41) is 3.57. The highest BCUT2D eigenvalue weighted by Gasteiger charge is 2.35. The van der Waals surface area contributed by atoms with Gasteiger partial charge in [0.25, 0.3) is 0 Å². The van der Waals surface area contributed by atoms with Crippen LogP contribution in [0.4, 0.5) is 0 Å². The van der Waals surface area contributed by atoms with E-state index >= 15 is 0 Å². The minimum Gasteiger partial charge on any atom is -0.361 e. The molecule has 2 rings (SSSR count). The molecule has 1 N–H and O–H groups in total. The van der Waals surface area contributed by atoms with E-state index in [0.29, 0.717) is 12.1 Å². The standard InChI is InChI=1S/C13H26N2O/c1-10(2)15-7-5-6-11(15)8-12-14-13(3,4)9-16-12/h10-12,14H,5-9H2,1-4H3. The summed E-state index contributed by atoms with van der Waals surface area (Å²) in [4.78, 5) is 2.62. The van der Waals surface area contributed by atoms with Gasteiger partial charge in [0.05, 0.1) is 6.61 Å². The molecule has 2 atom stereocenters. The normalized spacial score (nSPS) is 35.1. The molecular formula is C13H26N2O. The van der Waals surface area contributed by atoms with Crippen molar-refractivity contribution in [3.05, 3.63) is 0 Å². The summed E-state index contributed by atoms with van der Waals surface area (Å²) in [6.07, 6.45) is 4.08. The summed E-state index contributed by atoms with van der Waals surface area (Å²) < 4.78 is 5.82. The lowest BCUT2D eigenvalue weighted by Gasteiger charge is -2.30. The van der Waals surface area contributed by atoms with Crippen LogP contribution in [0.15, 0.2) is 0 Å². The molecule has 0 amide bonds. The molecule has 3 nitrogen and oxygen atoms in total. The van der Waals surface area contributed by atoms with Gasteiger partial charge in [0.1, 0.15) is 6.23 Å². The highest BCUT2D eigenvalue weighted by molar-refractivity contribution is 4.89. The first-order valence-electron chi connectivity index (χ1n) is 6.63. The first kappa shape index (κ1) is 12.3. The van der Waals surface area contributed by atoms with Crippen molar-refractivity contribution in [2.45, 2.75) is 70.8 Å². The average molecular weight is 226 g/mol. The summed E-state index contributed by atoms with van der Waals surface area (Å²) in [6.45, 7) is 11.1. The third kappa shape index (κ3) is 2.76. The predicted octanol–water partition coefficient (Wildman–Crippen LogP) is 1.97. The second-order valence-corrected chi connectivity index (χ2v) is 6.19. The number of ether oxygens (including phenoxy) is 1. The van der Waals surface area contributed by atoms with Gasteiger partial charge in [-0.3, -0.25) is 10.2 Å². The highest BCUT2D eigenvalue weighted by Crippen LogP contribution is 2.26. The van der Waals surface area contributed by atoms with Crippen molar-refractivity contribution in [3.8, 4) is 0 Å². The predicted molar refractivity (Wildman–Crippen MR) is 66.4 cm³/mol. The van der Waals surface area contributed by atoms with E-state index < -0.39 is 0 Å². The molecule has 0 bridgehead atoms. The van der Waals surface area contributed by atoms with Crippen molar-refractivity contribution in [3.63, 3.8) is 0 Å². The Balaban J connectivity index is 1.85. The number of nitrogens with one attached hydrogen (secondary N) is 1. The van der Waals surface area contributed by atoms with Gasteiger partial charge in [-0.05, 0) is 47.1 Å². The number of nitrogens with zero attached hydrogens (tertiary/aromatic N) is 1. The van der Waals surface area contributed by atoms with Crippen LogP contribution in [0.25, 0.3) is 0 Å². The molecule has 0 saturated carbocycles. The maximum Gasteiger partial charge on any atom is 0.110 e. The van der Waals surface area contributed by atoms with E-state index in [4.69, 9.17) is 4.74 Å². The van der Waals surface area contributed by atoms with Gasteiger partial charge in [0, 0.05) is 24.0 Å². The van der Waals surface area contributed by atoms with Crippen LogP contribution in [0.3, 0.4) is 0 Å². The molecule has 0 spiro atoms. The first-order chi connectivity index (χ1) is 7.48. The Morgan fingerprint density at radius 3 is 2.75 bits per heavy atom. The third-order valence-electron chi connectivity index (χ3n) is 3.77. The second-order valence-electron chi connectivity index (χ2n) is 6.19. The summed E-state index contributed by atoms with van der Waals surface area (Å²) in [7, 11) is 0. The number of hydrogen-bond acceptors (Lipinski definition) is 3. The van der Waals surface area contributed by atoms with Gasteiger partial charge in [-0.25, -0.2) is 0 Å². The van der Waals surface area contributed by atoms with Crippen LogP contribution in [-0.2, 0) is 4.74 Å². The first-order valence-corrected chi connectivity index (χ1v) is 6.63. The van der Waals surface area contributed by atoms with Crippen molar-refractivity contribution in [1.29, 1.82) is 0 Å². The fourth-order valence-corrected chi connectivity index (χ4v) is 2.99. The second kappa shape index (κ2) is 4.63. The van der Waals surface area contributed by atoms with Crippen molar-refractivity contribution in [2.75, 3.05) is 13.2 Å².